The molecule has 1 amide bonds. The van der Waals surface area contributed by atoms with Crippen LogP contribution in [0.4, 0.5) is 11.4 Å². The predicted molar refractivity (Wildman–Crippen MR) is 123 cm³/mol. The fourth-order valence-corrected chi connectivity index (χ4v) is 4.36. The Bertz CT molecular complexity index is 935. The SMILES string of the molecule is CCOc1ccccc1N(CCCC(=O)Nc1c(CC)cccc1CC)S(C)(=O)=O. The third-order valence-corrected chi connectivity index (χ3v) is 6.04. The molecule has 0 aliphatic rings. The third kappa shape index (κ3) is 6.23. The van der Waals surface area contributed by atoms with Crippen molar-refractivity contribution in [1.82, 2.24) is 0 Å². The lowest BCUT2D eigenvalue weighted by Crippen LogP contribution is -2.32. The number of nitrogens with zero attached hydrogens (tertiary/aromatic N) is 1. The van der Waals surface area contributed by atoms with Gasteiger partial charge < -0.3 is 10.1 Å². The number of benzene rings is 2. The molecule has 0 aromatic heterocycles. The molecule has 0 heterocycles. The first-order valence-corrected chi connectivity index (χ1v) is 12.3. The molecule has 0 spiro atoms. The Balaban J connectivity index is 2.09. The molecule has 0 saturated carbocycles. The van der Waals surface area contributed by atoms with Crippen LogP contribution in [0, 0.1) is 0 Å². The van der Waals surface area contributed by atoms with Crippen molar-refractivity contribution in [2.75, 3.05) is 29.0 Å². The van der Waals surface area contributed by atoms with E-state index >= 15 is 0 Å². The largest absolute Gasteiger partial charge is 0.492 e. The second-order valence-corrected chi connectivity index (χ2v) is 8.95. The Kier molecular flexibility index (Phi) is 8.72. The van der Waals surface area contributed by atoms with Crippen molar-refractivity contribution >= 4 is 27.3 Å². The first kappa shape index (κ1) is 23.7. The lowest BCUT2D eigenvalue weighted by molar-refractivity contribution is -0.116. The molecule has 0 unspecified atom stereocenters. The van der Waals surface area contributed by atoms with Gasteiger partial charge >= 0.3 is 0 Å². The number of rotatable bonds is 11. The van der Waals surface area contributed by atoms with Crippen LogP contribution in [-0.4, -0.2) is 33.7 Å². The summed E-state index contributed by atoms with van der Waals surface area (Å²) in [6, 6.07) is 13.1. The second-order valence-electron chi connectivity index (χ2n) is 7.05. The molecule has 2 aromatic carbocycles. The van der Waals surface area contributed by atoms with Gasteiger partial charge in [0.25, 0.3) is 0 Å². The Hall–Kier alpha value is -2.54. The van der Waals surface area contributed by atoms with Gasteiger partial charge in [0.15, 0.2) is 0 Å². The van der Waals surface area contributed by atoms with Crippen LogP contribution >= 0.6 is 0 Å². The van der Waals surface area contributed by atoms with Crippen LogP contribution in [0.15, 0.2) is 42.5 Å². The van der Waals surface area contributed by atoms with Crippen molar-refractivity contribution in [3.8, 4) is 5.75 Å². The molecule has 0 bridgehead atoms. The number of para-hydroxylation sites is 3. The van der Waals surface area contributed by atoms with Crippen molar-refractivity contribution < 1.29 is 17.9 Å². The molecular formula is C23H32N2O4S. The van der Waals surface area contributed by atoms with E-state index < -0.39 is 10.0 Å². The first-order chi connectivity index (χ1) is 14.3. The lowest BCUT2D eigenvalue weighted by atomic mass is 10.0. The van der Waals surface area contributed by atoms with Crippen LogP contribution in [0.25, 0.3) is 0 Å². The number of amides is 1. The van der Waals surface area contributed by atoms with E-state index in [9.17, 15) is 13.2 Å². The van der Waals surface area contributed by atoms with Crippen LogP contribution in [0.1, 0.15) is 44.7 Å². The summed E-state index contributed by atoms with van der Waals surface area (Å²) in [7, 11) is -3.52. The maximum atomic E-state index is 12.6. The standard InChI is InChI=1S/C23H32N2O4S/c1-5-18-12-10-13-19(6-2)23(18)24-22(26)16-11-17-25(30(4,27)28)20-14-8-9-15-21(20)29-7-3/h8-10,12-15H,5-7,11,16-17H2,1-4H3,(H,24,26). The van der Waals surface area contributed by atoms with Gasteiger partial charge in [-0.3, -0.25) is 9.10 Å². The molecule has 2 rings (SSSR count). The smallest absolute Gasteiger partial charge is 0.232 e. The van der Waals surface area contributed by atoms with E-state index in [1.165, 1.54) is 10.6 Å². The quantitative estimate of drug-likeness (QED) is 0.571. The van der Waals surface area contributed by atoms with Gasteiger partial charge in [-0.25, -0.2) is 8.42 Å². The molecule has 30 heavy (non-hydrogen) atoms. The summed E-state index contributed by atoms with van der Waals surface area (Å²) in [5.41, 5.74) is 3.58. The molecule has 164 valence electrons. The number of aryl methyl sites for hydroxylation is 2. The van der Waals surface area contributed by atoms with Crippen molar-refractivity contribution in [1.29, 1.82) is 0 Å². The third-order valence-electron chi connectivity index (χ3n) is 4.86. The van der Waals surface area contributed by atoms with Crippen molar-refractivity contribution in [3.05, 3.63) is 53.6 Å². The predicted octanol–water partition coefficient (Wildman–Crippen LogP) is 4.40. The molecule has 0 fully saturated rings. The van der Waals surface area contributed by atoms with E-state index in [0.717, 1.165) is 29.7 Å². The number of nitrogens with one attached hydrogen (secondary N) is 1. The first-order valence-electron chi connectivity index (χ1n) is 10.4. The fraction of sp³-hybridized carbons (Fsp3) is 0.435. The van der Waals surface area contributed by atoms with Crippen molar-refractivity contribution in [2.24, 2.45) is 0 Å². The Labute approximate surface area is 180 Å². The molecule has 0 saturated heterocycles. The van der Waals surface area contributed by atoms with Gasteiger partial charge in [-0.05, 0) is 49.4 Å². The van der Waals surface area contributed by atoms with E-state index in [1.54, 1.807) is 24.3 Å². The van der Waals surface area contributed by atoms with Crippen LogP contribution in [0.3, 0.4) is 0 Å². The maximum absolute atomic E-state index is 12.6. The molecule has 6 nitrogen and oxygen atoms in total. The maximum Gasteiger partial charge on any atom is 0.232 e. The highest BCUT2D eigenvalue weighted by atomic mass is 32.2. The summed E-state index contributed by atoms with van der Waals surface area (Å²) in [6.07, 6.45) is 3.46. The summed E-state index contributed by atoms with van der Waals surface area (Å²) in [5, 5.41) is 3.03. The number of anilines is 2. The number of carbonyl (C=O) groups is 1. The number of carbonyl (C=O) groups excluding carboxylic acids is 1. The summed E-state index contributed by atoms with van der Waals surface area (Å²) in [4.78, 5) is 12.6. The highest BCUT2D eigenvalue weighted by molar-refractivity contribution is 7.92. The van der Waals surface area contributed by atoms with Crippen molar-refractivity contribution in [2.45, 2.75) is 46.5 Å². The van der Waals surface area contributed by atoms with Crippen LogP contribution in [0.5, 0.6) is 5.75 Å². The lowest BCUT2D eigenvalue weighted by Gasteiger charge is -2.24. The van der Waals surface area contributed by atoms with E-state index in [1.807, 2.05) is 25.1 Å². The molecule has 0 radical (unpaired) electrons. The fourth-order valence-electron chi connectivity index (χ4n) is 3.39. The topological polar surface area (TPSA) is 75.7 Å². The number of sulfonamides is 1. The number of ether oxygens (including phenoxy) is 1. The monoisotopic (exact) mass is 432 g/mol. The normalized spacial score (nSPS) is 11.2. The molecule has 2 aromatic rings. The van der Waals surface area contributed by atoms with Crippen LogP contribution in [0.2, 0.25) is 0 Å². The second kappa shape index (κ2) is 11.0. The summed E-state index contributed by atoms with van der Waals surface area (Å²) in [6.45, 7) is 6.61. The van der Waals surface area contributed by atoms with Crippen LogP contribution < -0.4 is 14.4 Å². The molecule has 1 N–H and O–H groups in total. The van der Waals surface area contributed by atoms with Gasteiger partial charge in [0.05, 0.1) is 18.6 Å². The van der Waals surface area contributed by atoms with Gasteiger partial charge in [-0.2, -0.15) is 0 Å². The zero-order valence-corrected chi connectivity index (χ0v) is 19.1. The van der Waals surface area contributed by atoms with E-state index in [4.69, 9.17) is 4.74 Å². The van der Waals surface area contributed by atoms with Gasteiger partial charge in [0, 0.05) is 18.7 Å². The van der Waals surface area contributed by atoms with E-state index in [2.05, 4.69) is 19.2 Å². The van der Waals surface area contributed by atoms with Gasteiger partial charge in [0.2, 0.25) is 15.9 Å². The van der Waals surface area contributed by atoms with Gasteiger partial charge in [0.1, 0.15) is 5.75 Å². The molecule has 0 aliphatic carbocycles. The zero-order valence-electron chi connectivity index (χ0n) is 18.3. The summed E-state index contributed by atoms with van der Waals surface area (Å²) < 4.78 is 31.7. The van der Waals surface area contributed by atoms with E-state index in [0.29, 0.717) is 24.5 Å². The highest BCUT2D eigenvalue weighted by Crippen LogP contribution is 2.30. The zero-order chi connectivity index (χ0) is 22.1. The highest BCUT2D eigenvalue weighted by Gasteiger charge is 2.21. The van der Waals surface area contributed by atoms with Gasteiger partial charge in [-0.1, -0.05) is 44.2 Å². The minimum Gasteiger partial charge on any atom is -0.492 e. The molecule has 0 atom stereocenters. The molecular weight excluding hydrogens is 400 g/mol. The van der Waals surface area contributed by atoms with E-state index in [-0.39, 0.29) is 18.9 Å². The minimum absolute atomic E-state index is 0.114. The van der Waals surface area contributed by atoms with Crippen LogP contribution in [-0.2, 0) is 27.7 Å². The number of hydrogen-bond acceptors (Lipinski definition) is 4. The van der Waals surface area contributed by atoms with Crippen molar-refractivity contribution in [3.63, 3.8) is 0 Å². The minimum atomic E-state index is -3.52. The number of hydrogen-bond donors (Lipinski definition) is 1. The Morgan fingerprint density at radius 3 is 2.20 bits per heavy atom. The summed E-state index contributed by atoms with van der Waals surface area (Å²) >= 11 is 0. The molecule has 7 heteroatoms. The molecule has 0 aliphatic heterocycles. The Morgan fingerprint density at radius 2 is 1.63 bits per heavy atom. The Morgan fingerprint density at radius 1 is 1.00 bits per heavy atom. The average molecular weight is 433 g/mol. The average Bonchev–Trinajstić information content (AvgIpc) is 2.71. The van der Waals surface area contributed by atoms with Gasteiger partial charge in [-0.15, -0.1) is 0 Å². The summed E-state index contributed by atoms with van der Waals surface area (Å²) in [5.74, 6) is 0.400.